The number of hydrogen-bond donors (Lipinski definition) is 0. The van der Waals surface area contributed by atoms with Crippen molar-refractivity contribution in [3.05, 3.63) is 40.0 Å². The molecule has 0 unspecified atom stereocenters. The van der Waals surface area contributed by atoms with Crippen LogP contribution in [0.1, 0.15) is 0 Å². The molecule has 0 saturated carbocycles. The maximum absolute atomic E-state index is 13.1. The summed E-state index contributed by atoms with van der Waals surface area (Å²) < 4.78 is 18.3. The average molecular weight is 439 g/mol. The summed E-state index contributed by atoms with van der Waals surface area (Å²) in [5, 5.41) is 0. The Morgan fingerprint density at radius 3 is 2.50 bits per heavy atom. The summed E-state index contributed by atoms with van der Waals surface area (Å²) in [6.07, 6.45) is 2.67. The molecule has 3 fully saturated rings. The van der Waals surface area contributed by atoms with Gasteiger partial charge >= 0.3 is 0 Å². The summed E-state index contributed by atoms with van der Waals surface area (Å²) >= 11 is 2.19. The number of benzene rings is 1. The van der Waals surface area contributed by atoms with E-state index in [0.717, 1.165) is 3.57 Å². The fourth-order valence-corrected chi connectivity index (χ4v) is 4.53. The van der Waals surface area contributed by atoms with Gasteiger partial charge in [-0.1, -0.05) is 6.08 Å². The first-order valence-electron chi connectivity index (χ1n) is 7.85. The van der Waals surface area contributed by atoms with Gasteiger partial charge in [-0.3, -0.25) is 9.59 Å². The lowest BCUT2D eigenvalue weighted by atomic mass is 9.76. The fourth-order valence-electron chi connectivity index (χ4n) is 4.17. The first-order valence-corrected chi connectivity index (χ1v) is 8.93. The van der Waals surface area contributed by atoms with E-state index in [2.05, 4.69) is 22.6 Å². The number of amides is 2. The molecular weight excluding hydrogens is 425 g/mol. The number of halogens is 1. The number of carbonyl (C=O) groups excluding carboxylic acids is 2. The predicted molar refractivity (Wildman–Crippen MR) is 91.1 cm³/mol. The second-order valence-electron chi connectivity index (χ2n) is 6.36. The van der Waals surface area contributed by atoms with Crippen molar-refractivity contribution in [3.63, 3.8) is 0 Å². The van der Waals surface area contributed by atoms with Gasteiger partial charge in [-0.2, -0.15) is 0 Å². The largest absolute Gasteiger partial charge is 0.357 e. The standard InChI is InChI=1S/C17H14INO5/c18-9-1-3-10(4-2-9)19-14(20)12-11-5-6-17(24-11,13(12)15(19)21)16-22-7-8-23-16/h1-6,11-13,16H,7-8H2/t11-,12-,13-,17-/m1/s1. The van der Waals surface area contributed by atoms with Gasteiger partial charge in [0.15, 0.2) is 11.9 Å². The van der Waals surface area contributed by atoms with Gasteiger partial charge in [-0.05, 0) is 52.9 Å². The van der Waals surface area contributed by atoms with Crippen LogP contribution in [0.5, 0.6) is 0 Å². The third-order valence-electron chi connectivity index (χ3n) is 5.15. The van der Waals surface area contributed by atoms with Gasteiger partial charge in [0.05, 0.1) is 36.8 Å². The SMILES string of the molecule is O=C1[C@@H]2[C@H]3C=C[C@@](C4OCCO4)(O3)[C@H]2C(=O)N1c1ccc(I)cc1. The maximum Gasteiger partial charge on any atom is 0.241 e. The van der Waals surface area contributed by atoms with Crippen molar-refractivity contribution in [3.8, 4) is 0 Å². The fraction of sp³-hybridized carbons (Fsp3) is 0.412. The van der Waals surface area contributed by atoms with Crippen LogP contribution in [0.4, 0.5) is 5.69 Å². The van der Waals surface area contributed by atoms with Crippen molar-refractivity contribution in [1.82, 2.24) is 0 Å². The van der Waals surface area contributed by atoms with E-state index in [4.69, 9.17) is 14.2 Å². The highest BCUT2D eigenvalue weighted by molar-refractivity contribution is 14.1. The first-order chi connectivity index (χ1) is 11.6. The normalized spacial score (nSPS) is 37.7. The second kappa shape index (κ2) is 5.10. The van der Waals surface area contributed by atoms with Gasteiger partial charge in [0.25, 0.3) is 0 Å². The Morgan fingerprint density at radius 2 is 1.79 bits per heavy atom. The zero-order chi connectivity index (χ0) is 16.5. The van der Waals surface area contributed by atoms with Crippen molar-refractivity contribution in [1.29, 1.82) is 0 Å². The zero-order valence-electron chi connectivity index (χ0n) is 12.6. The molecule has 0 radical (unpaired) electrons. The number of imide groups is 1. The minimum atomic E-state index is -0.990. The minimum Gasteiger partial charge on any atom is -0.357 e. The number of ether oxygens (including phenoxy) is 3. The Morgan fingerprint density at radius 1 is 1.08 bits per heavy atom. The summed E-state index contributed by atoms with van der Waals surface area (Å²) in [5.74, 6) is -1.55. The van der Waals surface area contributed by atoms with Gasteiger partial charge < -0.3 is 14.2 Å². The maximum atomic E-state index is 13.1. The molecule has 2 bridgehead atoms. The Balaban J connectivity index is 1.56. The van der Waals surface area contributed by atoms with Crippen LogP contribution in [-0.2, 0) is 23.8 Å². The molecule has 124 valence electrons. The lowest BCUT2D eigenvalue weighted by Gasteiger charge is -2.32. The molecule has 1 aromatic carbocycles. The van der Waals surface area contributed by atoms with Crippen molar-refractivity contribution in [2.75, 3.05) is 18.1 Å². The van der Waals surface area contributed by atoms with Crippen LogP contribution in [0.3, 0.4) is 0 Å². The van der Waals surface area contributed by atoms with Crippen molar-refractivity contribution < 1.29 is 23.8 Å². The van der Waals surface area contributed by atoms with Gasteiger partial charge in [0.2, 0.25) is 11.8 Å². The van der Waals surface area contributed by atoms with Crippen molar-refractivity contribution >= 4 is 40.1 Å². The summed E-state index contributed by atoms with van der Waals surface area (Å²) in [6.45, 7) is 0.934. The molecule has 4 heterocycles. The molecule has 7 heteroatoms. The quantitative estimate of drug-likeness (QED) is 0.397. The van der Waals surface area contributed by atoms with E-state index in [1.54, 1.807) is 12.1 Å². The molecule has 0 aromatic heterocycles. The molecule has 0 N–H and O–H groups in total. The molecule has 2 amide bonds. The highest BCUT2D eigenvalue weighted by atomic mass is 127. The molecule has 0 spiro atoms. The molecule has 4 atom stereocenters. The molecule has 3 saturated heterocycles. The monoisotopic (exact) mass is 439 g/mol. The Kier molecular flexibility index (Phi) is 3.19. The van der Waals surface area contributed by atoms with Crippen LogP contribution in [-0.4, -0.2) is 43.0 Å². The van der Waals surface area contributed by atoms with Crippen LogP contribution in [0.25, 0.3) is 0 Å². The Bertz CT molecular complexity index is 757. The molecule has 24 heavy (non-hydrogen) atoms. The van der Waals surface area contributed by atoms with E-state index in [1.165, 1.54) is 4.90 Å². The van der Waals surface area contributed by atoms with E-state index in [1.807, 2.05) is 24.3 Å². The topological polar surface area (TPSA) is 65.1 Å². The summed E-state index contributed by atoms with van der Waals surface area (Å²) in [4.78, 5) is 27.3. The van der Waals surface area contributed by atoms with Crippen LogP contribution in [0.15, 0.2) is 36.4 Å². The van der Waals surface area contributed by atoms with E-state index in [0.29, 0.717) is 18.9 Å². The van der Waals surface area contributed by atoms with Gasteiger partial charge in [-0.15, -0.1) is 0 Å². The number of carbonyl (C=O) groups is 2. The summed E-state index contributed by atoms with van der Waals surface area (Å²) in [5.41, 5.74) is -0.390. The highest BCUT2D eigenvalue weighted by Crippen LogP contribution is 2.55. The van der Waals surface area contributed by atoms with Gasteiger partial charge in [0, 0.05) is 3.57 Å². The van der Waals surface area contributed by atoms with Crippen molar-refractivity contribution in [2.45, 2.75) is 18.0 Å². The smallest absolute Gasteiger partial charge is 0.241 e. The molecule has 6 nitrogen and oxygen atoms in total. The van der Waals surface area contributed by atoms with Gasteiger partial charge in [-0.25, -0.2) is 4.90 Å². The van der Waals surface area contributed by atoms with E-state index in [-0.39, 0.29) is 11.8 Å². The number of rotatable bonds is 2. The zero-order valence-corrected chi connectivity index (χ0v) is 14.7. The van der Waals surface area contributed by atoms with Crippen LogP contribution in [0, 0.1) is 15.4 Å². The predicted octanol–water partition coefficient (Wildman–Crippen LogP) is 1.48. The number of hydrogen-bond acceptors (Lipinski definition) is 5. The third kappa shape index (κ3) is 1.81. The Labute approximate surface area is 151 Å². The van der Waals surface area contributed by atoms with Crippen molar-refractivity contribution in [2.24, 2.45) is 11.8 Å². The lowest BCUT2D eigenvalue weighted by Crippen LogP contribution is -2.49. The van der Waals surface area contributed by atoms with Gasteiger partial charge in [0.1, 0.15) is 0 Å². The number of anilines is 1. The average Bonchev–Trinajstić information content (AvgIpc) is 3.33. The molecule has 0 aliphatic carbocycles. The Hall–Kier alpha value is -1.29. The first kappa shape index (κ1) is 15.0. The van der Waals surface area contributed by atoms with E-state index >= 15 is 0 Å². The molecular formula is C17H14INO5. The van der Waals surface area contributed by atoms with Crippen LogP contribution < -0.4 is 4.90 Å². The molecule has 4 aliphatic heterocycles. The third-order valence-corrected chi connectivity index (χ3v) is 5.87. The lowest BCUT2D eigenvalue weighted by molar-refractivity contribution is -0.180. The molecule has 1 aromatic rings. The molecule has 5 rings (SSSR count). The summed E-state index contributed by atoms with van der Waals surface area (Å²) in [7, 11) is 0. The minimum absolute atomic E-state index is 0.208. The summed E-state index contributed by atoms with van der Waals surface area (Å²) in [6, 6.07) is 7.36. The number of nitrogens with zero attached hydrogens (tertiary/aromatic N) is 1. The van der Waals surface area contributed by atoms with E-state index in [9.17, 15) is 9.59 Å². The highest BCUT2D eigenvalue weighted by Gasteiger charge is 2.71. The second-order valence-corrected chi connectivity index (χ2v) is 7.61. The van der Waals surface area contributed by atoms with E-state index < -0.39 is 29.8 Å². The van der Waals surface area contributed by atoms with Crippen LogP contribution in [0.2, 0.25) is 0 Å². The van der Waals surface area contributed by atoms with Crippen LogP contribution >= 0.6 is 22.6 Å². The molecule has 4 aliphatic rings. The number of fused-ring (bicyclic) bond motifs is 5.